The lowest BCUT2D eigenvalue weighted by atomic mass is 10.1. The Morgan fingerprint density at radius 3 is 2.41 bits per heavy atom. The molecule has 1 saturated heterocycles. The van der Waals surface area contributed by atoms with Gasteiger partial charge >= 0.3 is 6.18 Å². The van der Waals surface area contributed by atoms with Crippen molar-refractivity contribution in [1.29, 1.82) is 0 Å². The van der Waals surface area contributed by atoms with Crippen molar-refractivity contribution in [2.75, 3.05) is 50.6 Å². The number of methoxy groups -OCH3 is 1. The summed E-state index contributed by atoms with van der Waals surface area (Å²) in [6.45, 7) is 3.80. The fourth-order valence-corrected chi connectivity index (χ4v) is 3.99. The standard InChI is InChI=1S/C24H25ClF3N5O/c1-32-9-11-33(12-10-32)18-6-3-16(4-7-18)13-21-19(24(26,27)28)15-29-23(31-21)30-17-5-8-20(25)22(14-17)34-2/h3-8,14-15H,9-13H2,1-2H3,(H,29,30,31). The van der Waals surface area contributed by atoms with Crippen molar-refractivity contribution < 1.29 is 17.9 Å². The molecule has 0 atom stereocenters. The van der Waals surface area contributed by atoms with Gasteiger partial charge in [0.25, 0.3) is 0 Å². The number of anilines is 3. The van der Waals surface area contributed by atoms with E-state index in [2.05, 4.69) is 32.1 Å². The number of alkyl halides is 3. The third-order valence-corrected chi connectivity index (χ3v) is 6.07. The Bertz CT molecular complexity index is 1130. The Morgan fingerprint density at radius 2 is 1.76 bits per heavy atom. The van der Waals surface area contributed by atoms with Crippen LogP contribution in [0.15, 0.2) is 48.7 Å². The monoisotopic (exact) mass is 491 g/mol. The highest BCUT2D eigenvalue weighted by molar-refractivity contribution is 6.32. The molecular formula is C24H25ClF3N5O. The van der Waals surface area contributed by atoms with E-state index in [1.165, 1.54) is 7.11 Å². The Hall–Kier alpha value is -3.04. The first kappa shape index (κ1) is 24.1. The number of likely N-dealkylation sites (N-methyl/N-ethyl adjacent to an activating group) is 1. The summed E-state index contributed by atoms with van der Waals surface area (Å²) >= 11 is 6.04. The van der Waals surface area contributed by atoms with E-state index in [1.54, 1.807) is 18.2 Å². The van der Waals surface area contributed by atoms with Gasteiger partial charge in [0.1, 0.15) is 5.75 Å². The number of nitrogens with zero attached hydrogens (tertiary/aromatic N) is 4. The molecule has 1 aliphatic rings. The van der Waals surface area contributed by atoms with Gasteiger partial charge in [-0.3, -0.25) is 0 Å². The number of halogens is 4. The molecule has 0 saturated carbocycles. The van der Waals surface area contributed by atoms with Crippen molar-refractivity contribution >= 4 is 28.9 Å². The summed E-state index contributed by atoms with van der Waals surface area (Å²) in [7, 11) is 3.57. The van der Waals surface area contributed by atoms with Crippen LogP contribution in [0.5, 0.6) is 5.75 Å². The summed E-state index contributed by atoms with van der Waals surface area (Å²) in [6.07, 6.45) is -3.72. The van der Waals surface area contributed by atoms with Crippen LogP contribution < -0.4 is 15.0 Å². The highest BCUT2D eigenvalue weighted by Crippen LogP contribution is 2.33. The van der Waals surface area contributed by atoms with Gasteiger partial charge in [0, 0.05) is 56.2 Å². The number of benzene rings is 2. The van der Waals surface area contributed by atoms with E-state index >= 15 is 0 Å². The van der Waals surface area contributed by atoms with E-state index in [0.717, 1.165) is 43.6 Å². The summed E-state index contributed by atoms with van der Waals surface area (Å²) in [4.78, 5) is 12.6. The average Bonchev–Trinajstić information content (AvgIpc) is 2.81. The second kappa shape index (κ2) is 10.1. The van der Waals surface area contributed by atoms with E-state index in [1.807, 2.05) is 24.3 Å². The fourth-order valence-electron chi connectivity index (χ4n) is 3.80. The molecule has 0 amide bonds. The zero-order valence-corrected chi connectivity index (χ0v) is 19.6. The first-order valence-electron chi connectivity index (χ1n) is 10.8. The van der Waals surface area contributed by atoms with Crippen molar-refractivity contribution in [2.24, 2.45) is 0 Å². The van der Waals surface area contributed by atoms with Gasteiger partial charge in [-0.2, -0.15) is 13.2 Å². The smallest absolute Gasteiger partial charge is 0.419 e. The van der Waals surface area contributed by atoms with Gasteiger partial charge in [-0.1, -0.05) is 23.7 Å². The molecule has 1 fully saturated rings. The number of hydrogen-bond acceptors (Lipinski definition) is 6. The molecule has 2 aromatic carbocycles. The summed E-state index contributed by atoms with van der Waals surface area (Å²) < 4.78 is 46.1. The van der Waals surface area contributed by atoms with Crippen molar-refractivity contribution in [3.8, 4) is 5.75 Å². The van der Waals surface area contributed by atoms with Gasteiger partial charge in [-0.25, -0.2) is 9.97 Å². The Morgan fingerprint density at radius 1 is 1.06 bits per heavy atom. The van der Waals surface area contributed by atoms with Crippen LogP contribution in [-0.2, 0) is 12.6 Å². The van der Waals surface area contributed by atoms with Crippen LogP contribution in [0.1, 0.15) is 16.8 Å². The summed E-state index contributed by atoms with van der Waals surface area (Å²) in [5.74, 6) is 0.487. The third kappa shape index (κ3) is 5.71. The van der Waals surface area contributed by atoms with Crippen molar-refractivity contribution in [3.63, 3.8) is 0 Å². The minimum Gasteiger partial charge on any atom is -0.495 e. The van der Waals surface area contributed by atoms with E-state index in [9.17, 15) is 13.2 Å². The van der Waals surface area contributed by atoms with Crippen LogP contribution >= 0.6 is 11.6 Å². The molecule has 6 nitrogen and oxygen atoms in total. The molecule has 0 unspecified atom stereocenters. The van der Waals surface area contributed by atoms with Crippen LogP contribution in [0, 0.1) is 0 Å². The zero-order chi connectivity index (χ0) is 24.3. The largest absolute Gasteiger partial charge is 0.495 e. The highest BCUT2D eigenvalue weighted by atomic mass is 35.5. The molecule has 0 spiro atoms. The van der Waals surface area contributed by atoms with Crippen LogP contribution in [-0.4, -0.2) is 55.2 Å². The highest BCUT2D eigenvalue weighted by Gasteiger charge is 2.35. The summed E-state index contributed by atoms with van der Waals surface area (Å²) in [5, 5.41) is 3.35. The minimum atomic E-state index is -4.56. The molecule has 0 aliphatic carbocycles. The summed E-state index contributed by atoms with van der Waals surface area (Å²) in [5.41, 5.74) is 1.40. The van der Waals surface area contributed by atoms with Crippen LogP contribution in [0.3, 0.4) is 0 Å². The molecule has 1 aliphatic heterocycles. The molecule has 1 N–H and O–H groups in total. The zero-order valence-electron chi connectivity index (χ0n) is 18.9. The van der Waals surface area contributed by atoms with E-state index in [4.69, 9.17) is 16.3 Å². The predicted molar refractivity (Wildman–Crippen MR) is 127 cm³/mol. The maximum Gasteiger partial charge on any atom is 0.419 e. The molecule has 10 heteroatoms. The predicted octanol–water partition coefficient (Wildman–Crippen LogP) is 5.24. The molecule has 3 aromatic rings. The maximum absolute atomic E-state index is 13.6. The number of hydrogen-bond donors (Lipinski definition) is 1. The summed E-state index contributed by atoms with van der Waals surface area (Å²) in [6, 6.07) is 12.5. The Labute approximate surface area is 201 Å². The average molecular weight is 492 g/mol. The van der Waals surface area contributed by atoms with Gasteiger partial charge in [-0.15, -0.1) is 0 Å². The van der Waals surface area contributed by atoms with Crippen LogP contribution in [0.4, 0.5) is 30.5 Å². The SMILES string of the molecule is COc1cc(Nc2ncc(C(F)(F)F)c(Cc3ccc(N4CCN(C)CC4)cc3)n2)ccc1Cl. The number of ether oxygens (including phenoxy) is 1. The number of rotatable bonds is 6. The second-order valence-corrected chi connectivity index (χ2v) is 8.57. The van der Waals surface area contributed by atoms with Gasteiger partial charge in [-0.05, 0) is 36.9 Å². The number of aromatic nitrogens is 2. The molecular weight excluding hydrogens is 467 g/mol. The van der Waals surface area contributed by atoms with Gasteiger partial charge in [0.15, 0.2) is 0 Å². The first-order chi connectivity index (χ1) is 16.2. The molecule has 1 aromatic heterocycles. The second-order valence-electron chi connectivity index (χ2n) is 8.16. The van der Waals surface area contributed by atoms with Crippen molar-refractivity contribution in [3.05, 3.63) is 70.5 Å². The quantitative estimate of drug-likeness (QED) is 0.508. The van der Waals surface area contributed by atoms with Gasteiger partial charge in [0.05, 0.1) is 23.4 Å². The van der Waals surface area contributed by atoms with Crippen LogP contribution in [0.25, 0.3) is 0 Å². The van der Waals surface area contributed by atoms with Crippen LogP contribution in [0.2, 0.25) is 5.02 Å². The van der Waals surface area contributed by atoms with E-state index in [0.29, 0.717) is 16.5 Å². The van der Waals surface area contributed by atoms with Crippen molar-refractivity contribution in [1.82, 2.24) is 14.9 Å². The molecule has 2 heterocycles. The first-order valence-corrected chi connectivity index (χ1v) is 11.2. The molecule has 34 heavy (non-hydrogen) atoms. The minimum absolute atomic E-state index is 0.0268. The number of piperazine rings is 1. The third-order valence-electron chi connectivity index (χ3n) is 5.76. The normalized spacial score (nSPS) is 14.8. The fraction of sp³-hybridized carbons (Fsp3) is 0.333. The lowest BCUT2D eigenvalue weighted by Crippen LogP contribution is -2.44. The van der Waals surface area contributed by atoms with Gasteiger partial charge < -0.3 is 19.9 Å². The Balaban J connectivity index is 1.56. The topological polar surface area (TPSA) is 53.5 Å². The van der Waals surface area contributed by atoms with E-state index < -0.39 is 11.7 Å². The number of nitrogens with one attached hydrogen (secondary N) is 1. The lowest BCUT2D eigenvalue weighted by molar-refractivity contribution is -0.138. The molecule has 0 radical (unpaired) electrons. The van der Waals surface area contributed by atoms with E-state index in [-0.39, 0.29) is 18.1 Å². The molecule has 180 valence electrons. The molecule has 4 rings (SSSR count). The van der Waals surface area contributed by atoms with Gasteiger partial charge in [0.2, 0.25) is 5.95 Å². The molecule has 0 bridgehead atoms. The van der Waals surface area contributed by atoms with Crippen molar-refractivity contribution in [2.45, 2.75) is 12.6 Å². The maximum atomic E-state index is 13.6. The lowest BCUT2D eigenvalue weighted by Gasteiger charge is -2.34. The Kier molecular flexibility index (Phi) is 7.13.